The van der Waals surface area contributed by atoms with Crippen LogP contribution in [0.2, 0.25) is 0 Å². The lowest BCUT2D eigenvalue weighted by Gasteiger charge is -2.44. The molecule has 0 fully saturated rings. The summed E-state index contributed by atoms with van der Waals surface area (Å²) >= 11 is 0. The highest BCUT2D eigenvalue weighted by molar-refractivity contribution is 5.83. The molecule has 7 heteroatoms. The van der Waals surface area contributed by atoms with Crippen LogP contribution in [0.4, 0.5) is 13.2 Å². The van der Waals surface area contributed by atoms with Gasteiger partial charge >= 0.3 is 12.1 Å². The largest absolute Gasteiger partial charge is 0.501 e. The van der Waals surface area contributed by atoms with E-state index in [9.17, 15) is 18.0 Å². The second-order valence-electron chi connectivity index (χ2n) is 5.91. The van der Waals surface area contributed by atoms with Gasteiger partial charge in [-0.3, -0.25) is 4.79 Å². The molecule has 0 spiro atoms. The summed E-state index contributed by atoms with van der Waals surface area (Å²) in [5, 5.41) is 0. The molecule has 0 saturated heterocycles. The molecular weight excluding hydrogens is 297 g/mol. The zero-order valence-electron chi connectivity index (χ0n) is 12.8. The molecule has 1 aliphatic carbocycles. The Balaban J connectivity index is 2.49. The first-order valence-electron chi connectivity index (χ1n) is 6.90. The normalized spacial score (nSPS) is 21.6. The predicted octanol–water partition coefficient (Wildman–Crippen LogP) is 2.63. The third kappa shape index (κ3) is 2.84. The van der Waals surface area contributed by atoms with Crippen LogP contribution in [0.1, 0.15) is 26.7 Å². The number of hydrogen-bond acceptors (Lipinski definition) is 3. The lowest BCUT2D eigenvalue weighted by Crippen LogP contribution is -2.55. The van der Waals surface area contributed by atoms with E-state index in [-0.39, 0.29) is 6.54 Å². The molecule has 4 nitrogen and oxygen atoms in total. The number of hydrogen-bond donors (Lipinski definition) is 1. The fourth-order valence-electron chi connectivity index (χ4n) is 2.93. The summed E-state index contributed by atoms with van der Waals surface area (Å²) in [4.78, 5) is 12.5. The molecular formula is C15H19F3N2O2. The second-order valence-corrected chi connectivity index (χ2v) is 5.91. The molecule has 2 N–H and O–H groups in total. The van der Waals surface area contributed by atoms with Gasteiger partial charge in [-0.15, -0.1) is 0 Å². The van der Waals surface area contributed by atoms with E-state index in [0.717, 1.165) is 10.5 Å². The van der Waals surface area contributed by atoms with Crippen LogP contribution in [0.15, 0.2) is 34.8 Å². The van der Waals surface area contributed by atoms with E-state index >= 15 is 0 Å². The van der Waals surface area contributed by atoms with Gasteiger partial charge in [-0.05, 0) is 43.6 Å². The number of rotatable bonds is 1. The molecule has 0 radical (unpaired) electrons. The van der Waals surface area contributed by atoms with E-state index in [4.69, 9.17) is 10.5 Å². The van der Waals surface area contributed by atoms with Crippen LogP contribution in [0, 0.1) is 0 Å². The lowest BCUT2D eigenvalue weighted by molar-refractivity contribution is -0.190. The molecule has 0 aromatic heterocycles. The van der Waals surface area contributed by atoms with E-state index in [0.29, 0.717) is 29.9 Å². The number of amides is 1. The molecule has 2 aliphatic rings. The van der Waals surface area contributed by atoms with Gasteiger partial charge in [0.25, 0.3) is 0 Å². The number of nitrogens with two attached hydrogens (primary N) is 1. The number of methoxy groups -OCH3 is 1. The van der Waals surface area contributed by atoms with E-state index in [1.54, 1.807) is 19.9 Å². The van der Waals surface area contributed by atoms with Gasteiger partial charge in [0.2, 0.25) is 0 Å². The van der Waals surface area contributed by atoms with Crippen molar-refractivity contribution in [2.75, 3.05) is 13.7 Å². The summed E-state index contributed by atoms with van der Waals surface area (Å²) in [6, 6.07) is 0. The minimum Gasteiger partial charge on any atom is -0.501 e. The van der Waals surface area contributed by atoms with Gasteiger partial charge in [0.1, 0.15) is 5.76 Å². The summed E-state index contributed by atoms with van der Waals surface area (Å²) in [5.41, 5.74) is 6.80. The van der Waals surface area contributed by atoms with Crippen LogP contribution in [0.3, 0.4) is 0 Å². The molecule has 122 valence electrons. The van der Waals surface area contributed by atoms with Crippen molar-refractivity contribution in [1.29, 1.82) is 0 Å². The molecule has 1 amide bonds. The monoisotopic (exact) mass is 316 g/mol. The summed E-state index contributed by atoms with van der Waals surface area (Å²) < 4.78 is 43.6. The number of allylic oxidation sites excluding steroid dienone is 1. The Labute approximate surface area is 127 Å². The highest BCUT2D eigenvalue weighted by Crippen LogP contribution is 2.39. The summed E-state index contributed by atoms with van der Waals surface area (Å²) in [6.07, 6.45) is -0.691. The minimum atomic E-state index is -4.89. The first-order valence-corrected chi connectivity index (χ1v) is 6.90. The van der Waals surface area contributed by atoms with Gasteiger partial charge in [0, 0.05) is 18.7 Å². The standard InChI is InChI=1S/C15H19F3N2O2/c1-14(2)12-8-10(19)7-11(22-3)6-9(12)4-5-20(14)13(21)15(16,17)18/h6,8H,4-5,7,19H2,1-3H3. The van der Waals surface area contributed by atoms with Crippen LogP contribution < -0.4 is 5.73 Å². The molecule has 1 heterocycles. The zero-order chi connectivity index (χ0) is 16.7. The van der Waals surface area contributed by atoms with Crippen LogP contribution in [0.25, 0.3) is 0 Å². The Morgan fingerprint density at radius 3 is 2.55 bits per heavy atom. The number of carbonyl (C=O) groups is 1. The maximum Gasteiger partial charge on any atom is 0.471 e. The number of ether oxygens (including phenoxy) is 1. The smallest absolute Gasteiger partial charge is 0.471 e. The second kappa shape index (κ2) is 5.37. The number of nitrogens with zero attached hydrogens (tertiary/aromatic N) is 1. The van der Waals surface area contributed by atoms with Gasteiger partial charge in [0.15, 0.2) is 0 Å². The molecule has 0 aromatic carbocycles. The summed E-state index contributed by atoms with van der Waals surface area (Å²) in [7, 11) is 1.53. The number of alkyl halides is 3. The van der Waals surface area contributed by atoms with Crippen LogP contribution in [0.5, 0.6) is 0 Å². The molecule has 0 atom stereocenters. The number of halogens is 3. The average Bonchev–Trinajstić information content (AvgIpc) is 2.56. The molecule has 22 heavy (non-hydrogen) atoms. The van der Waals surface area contributed by atoms with Gasteiger partial charge < -0.3 is 15.4 Å². The summed E-state index contributed by atoms with van der Waals surface area (Å²) in [6.45, 7) is 3.20. The topological polar surface area (TPSA) is 55.6 Å². The Morgan fingerprint density at radius 1 is 1.36 bits per heavy atom. The van der Waals surface area contributed by atoms with E-state index in [1.807, 2.05) is 6.08 Å². The predicted molar refractivity (Wildman–Crippen MR) is 75.5 cm³/mol. The van der Waals surface area contributed by atoms with Crippen molar-refractivity contribution >= 4 is 5.91 Å². The van der Waals surface area contributed by atoms with Crippen LogP contribution >= 0.6 is 0 Å². The van der Waals surface area contributed by atoms with E-state index in [1.165, 1.54) is 7.11 Å². The number of carbonyl (C=O) groups excluding carboxylic acids is 1. The van der Waals surface area contributed by atoms with Crippen molar-refractivity contribution in [3.63, 3.8) is 0 Å². The average molecular weight is 316 g/mol. The van der Waals surface area contributed by atoms with Gasteiger partial charge in [0.05, 0.1) is 12.6 Å². The minimum absolute atomic E-state index is 0.00537. The maximum absolute atomic E-state index is 12.8. The Bertz CT molecular complexity index is 586. The highest BCUT2D eigenvalue weighted by atomic mass is 19.4. The third-order valence-electron chi connectivity index (χ3n) is 4.08. The van der Waals surface area contributed by atoms with Gasteiger partial charge in [-0.25, -0.2) is 0 Å². The van der Waals surface area contributed by atoms with Crippen molar-refractivity contribution in [2.24, 2.45) is 5.73 Å². The molecule has 0 unspecified atom stereocenters. The summed E-state index contributed by atoms with van der Waals surface area (Å²) in [5.74, 6) is -1.17. The SMILES string of the molecule is COC1=CC2=C(C=C(N)C1)C(C)(C)N(C(=O)C(F)(F)F)CC2. The maximum atomic E-state index is 12.8. The van der Waals surface area contributed by atoms with Gasteiger partial charge in [-0.2, -0.15) is 13.2 Å². The first-order chi connectivity index (χ1) is 10.1. The Morgan fingerprint density at radius 2 is 2.00 bits per heavy atom. The molecule has 0 aromatic rings. The Kier molecular flexibility index (Phi) is 4.02. The van der Waals surface area contributed by atoms with Crippen molar-refractivity contribution in [2.45, 2.75) is 38.4 Å². The van der Waals surface area contributed by atoms with Crippen molar-refractivity contribution < 1.29 is 22.7 Å². The van der Waals surface area contributed by atoms with Crippen LogP contribution in [-0.2, 0) is 9.53 Å². The lowest BCUT2D eigenvalue weighted by atomic mass is 9.82. The molecule has 2 rings (SSSR count). The van der Waals surface area contributed by atoms with Crippen LogP contribution in [-0.4, -0.2) is 36.2 Å². The Hall–Kier alpha value is -1.92. The molecule has 0 saturated carbocycles. The third-order valence-corrected chi connectivity index (χ3v) is 4.08. The zero-order valence-corrected chi connectivity index (χ0v) is 12.8. The quantitative estimate of drug-likeness (QED) is 0.809. The highest BCUT2D eigenvalue weighted by Gasteiger charge is 2.49. The van der Waals surface area contributed by atoms with Gasteiger partial charge in [-0.1, -0.05) is 0 Å². The fourth-order valence-corrected chi connectivity index (χ4v) is 2.93. The van der Waals surface area contributed by atoms with E-state index < -0.39 is 17.6 Å². The van der Waals surface area contributed by atoms with Crippen molar-refractivity contribution in [3.05, 3.63) is 34.8 Å². The molecule has 1 aliphatic heterocycles. The van der Waals surface area contributed by atoms with Crippen molar-refractivity contribution in [3.8, 4) is 0 Å². The molecule has 0 bridgehead atoms. The van der Waals surface area contributed by atoms with E-state index in [2.05, 4.69) is 0 Å². The van der Waals surface area contributed by atoms with Crippen molar-refractivity contribution in [1.82, 2.24) is 4.90 Å². The first kappa shape index (κ1) is 16.5. The fraction of sp³-hybridized carbons (Fsp3) is 0.533.